The Bertz CT molecular complexity index is 1220. The van der Waals surface area contributed by atoms with Gasteiger partial charge in [-0.2, -0.15) is 18.3 Å². The van der Waals surface area contributed by atoms with Gasteiger partial charge in [0.2, 0.25) is 0 Å². The standard InChI is InChI=1S/C20H16F3N5O/c1-27-11-16(19(29)26-14-5-6-24-18(8-14)20(21,22)23)15-7-12(3-4-17(15)27)13-9-25-28(2)10-13/h3-11H,1-2H3,(H,24,26,29). The predicted octanol–water partition coefficient (Wildman–Crippen LogP) is 4.24. The summed E-state index contributed by atoms with van der Waals surface area (Å²) >= 11 is 0. The topological polar surface area (TPSA) is 64.7 Å². The lowest BCUT2D eigenvalue weighted by molar-refractivity contribution is -0.141. The van der Waals surface area contributed by atoms with Crippen LogP contribution in [-0.2, 0) is 20.3 Å². The second kappa shape index (κ2) is 6.77. The number of aromatic nitrogens is 4. The van der Waals surface area contributed by atoms with E-state index in [1.165, 1.54) is 6.07 Å². The van der Waals surface area contributed by atoms with Crippen LogP contribution in [0, 0.1) is 0 Å². The number of hydrogen-bond acceptors (Lipinski definition) is 3. The zero-order valence-electron chi connectivity index (χ0n) is 15.5. The Balaban J connectivity index is 1.71. The van der Waals surface area contributed by atoms with Gasteiger partial charge in [0.05, 0.1) is 11.8 Å². The molecule has 0 aliphatic carbocycles. The number of anilines is 1. The highest BCUT2D eigenvalue weighted by Crippen LogP contribution is 2.30. The van der Waals surface area contributed by atoms with Gasteiger partial charge in [-0.15, -0.1) is 0 Å². The third kappa shape index (κ3) is 3.58. The fourth-order valence-electron chi connectivity index (χ4n) is 3.18. The van der Waals surface area contributed by atoms with Crippen LogP contribution in [0.2, 0.25) is 0 Å². The van der Waals surface area contributed by atoms with Gasteiger partial charge in [0, 0.05) is 54.8 Å². The minimum Gasteiger partial charge on any atom is -0.350 e. The van der Waals surface area contributed by atoms with Crippen molar-refractivity contribution in [2.45, 2.75) is 6.18 Å². The average molecular weight is 399 g/mol. The molecule has 0 spiro atoms. The first kappa shape index (κ1) is 18.7. The summed E-state index contributed by atoms with van der Waals surface area (Å²) in [4.78, 5) is 16.1. The number of carbonyl (C=O) groups excluding carboxylic acids is 1. The van der Waals surface area contributed by atoms with E-state index in [1.807, 2.05) is 31.4 Å². The van der Waals surface area contributed by atoms with E-state index in [9.17, 15) is 18.0 Å². The molecule has 3 heterocycles. The summed E-state index contributed by atoms with van der Waals surface area (Å²) in [6.45, 7) is 0. The molecule has 4 rings (SSSR count). The van der Waals surface area contributed by atoms with Gasteiger partial charge in [0.25, 0.3) is 5.91 Å². The maximum Gasteiger partial charge on any atom is 0.433 e. The quantitative estimate of drug-likeness (QED) is 0.560. The molecule has 0 aliphatic heterocycles. The smallest absolute Gasteiger partial charge is 0.350 e. The molecule has 0 saturated heterocycles. The van der Waals surface area contributed by atoms with Gasteiger partial charge >= 0.3 is 6.18 Å². The highest BCUT2D eigenvalue weighted by molar-refractivity contribution is 6.13. The summed E-state index contributed by atoms with van der Waals surface area (Å²) in [5.41, 5.74) is 1.93. The number of hydrogen-bond donors (Lipinski definition) is 1. The molecule has 0 saturated carbocycles. The molecular weight excluding hydrogens is 383 g/mol. The predicted molar refractivity (Wildman–Crippen MR) is 102 cm³/mol. The lowest BCUT2D eigenvalue weighted by Crippen LogP contribution is -2.13. The van der Waals surface area contributed by atoms with Gasteiger partial charge in [0.1, 0.15) is 5.69 Å². The number of amides is 1. The number of carbonyl (C=O) groups is 1. The molecule has 0 radical (unpaired) electrons. The van der Waals surface area contributed by atoms with Crippen molar-refractivity contribution in [3.63, 3.8) is 0 Å². The van der Waals surface area contributed by atoms with Crippen molar-refractivity contribution in [3.05, 3.63) is 66.4 Å². The van der Waals surface area contributed by atoms with Crippen molar-refractivity contribution in [3.8, 4) is 11.1 Å². The summed E-state index contributed by atoms with van der Waals surface area (Å²) in [5, 5.41) is 7.38. The second-order valence-electron chi connectivity index (χ2n) is 6.67. The normalized spacial score (nSPS) is 11.8. The van der Waals surface area contributed by atoms with E-state index in [2.05, 4.69) is 15.4 Å². The van der Waals surface area contributed by atoms with Crippen LogP contribution in [0.3, 0.4) is 0 Å². The van der Waals surface area contributed by atoms with Crippen LogP contribution < -0.4 is 5.32 Å². The number of nitrogens with one attached hydrogen (secondary N) is 1. The molecule has 29 heavy (non-hydrogen) atoms. The molecule has 0 aliphatic rings. The van der Waals surface area contributed by atoms with E-state index in [-0.39, 0.29) is 5.69 Å². The van der Waals surface area contributed by atoms with Crippen molar-refractivity contribution in [1.29, 1.82) is 0 Å². The monoisotopic (exact) mass is 399 g/mol. The van der Waals surface area contributed by atoms with Gasteiger partial charge in [-0.05, 0) is 29.8 Å². The van der Waals surface area contributed by atoms with Gasteiger partial charge < -0.3 is 9.88 Å². The van der Waals surface area contributed by atoms with Gasteiger partial charge in [-0.1, -0.05) is 6.07 Å². The molecular formula is C20H16F3N5O. The van der Waals surface area contributed by atoms with E-state index < -0.39 is 17.8 Å². The maximum atomic E-state index is 12.9. The van der Waals surface area contributed by atoms with Crippen molar-refractivity contribution in [2.24, 2.45) is 14.1 Å². The fraction of sp³-hybridized carbons (Fsp3) is 0.150. The Morgan fingerprint density at radius 2 is 1.86 bits per heavy atom. The minimum atomic E-state index is -4.58. The number of aryl methyl sites for hydroxylation is 2. The molecule has 3 aromatic heterocycles. The third-order valence-electron chi connectivity index (χ3n) is 4.58. The minimum absolute atomic E-state index is 0.0257. The van der Waals surface area contributed by atoms with Crippen LogP contribution >= 0.6 is 0 Å². The van der Waals surface area contributed by atoms with Crippen LogP contribution in [0.1, 0.15) is 16.1 Å². The van der Waals surface area contributed by atoms with Crippen LogP contribution in [0.15, 0.2) is 55.1 Å². The summed E-state index contributed by atoms with van der Waals surface area (Å²) in [7, 11) is 3.62. The number of pyridine rings is 1. The molecule has 4 aromatic rings. The Morgan fingerprint density at radius 1 is 1.07 bits per heavy atom. The third-order valence-corrected chi connectivity index (χ3v) is 4.58. The van der Waals surface area contributed by atoms with E-state index in [1.54, 1.807) is 28.7 Å². The van der Waals surface area contributed by atoms with E-state index in [0.29, 0.717) is 10.9 Å². The molecule has 6 nitrogen and oxygen atoms in total. The van der Waals surface area contributed by atoms with Gasteiger partial charge in [-0.25, -0.2) is 0 Å². The maximum absolute atomic E-state index is 12.9. The molecule has 1 amide bonds. The van der Waals surface area contributed by atoms with Gasteiger partial charge in [0.15, 0.2) is 0 Å². The summed E-state index contributed by atoms with van der Waals surface area (Å²) < 4.78 is 42.1. The van der Waals surface area contributed by atoms with E-state index in [0.717, 1.165) is 28.9 Å². The lowest BCUT2D eigenvalue weighted by Gasteiger charge is -2.09. The van der Waals surface area contributed by atoms with Crippen molar-refractivity contribution >= 4 is 22.5 Å². The summed E-state index contributed by atoms with van der Waals surface area (Å²) in [5.74, 6) is -0.502. The van der Waals surface area contributed by atoms with Crippen LogP contribution in [0.25, 0.3) is 22.0 Å². The zero-order valence-corrected chi connectivity index (χ0v) is 15.5. The first-order chi connectivity index (χ1) is 13.7. The highest BCUT2D eigenvalue weighted by atomic mass is 19.4. The van der Waals surface area contributed by atoms with Crippen LogP contribution in [-0.4, -0.2) is 25.2 Å². The molecule has 1 N–H and O–H groups in total. The number of benzene rings is 1. The largest absolute Gasteiger partial charge is 0.433 e. The van der Waals surface area contributed by atoms with Gasteiger partial charge in [-0.3, -0.25) is 14.5 Å². The number of fused-ring (bicyclic) bond motifs is 1. The van der Waals surface area contributed by atoms with Crippen molar-refractivity contribution in [2.75, 3.05) is 5.32 Å². The molecule has 0 atom stereocenters. The fourth-order valence-corrected chi connectivity index (χ4v) is 3.18. The van der Waals surface area contributed by atoms with E-state index in [4.69, 9.17) is 0 Å². The molecule has 148 valence electrons. The number of halogens is 3. The Kier molecular flexibility index (Phi) is 4.37. The first-order valence-electron chi connectivity index (χ1n) is 8.65. The SMILES string of the molecule is Cn1cc(-c2ccc3c(c2)c(C(=O)Nc2ccnc(C(F)(F)F)c2)cn3C)cn1. The number of nitrogens with zero attached hydrogens (tertiary/aromatic N) is 4. The lowest BCUT2D eigenvalue weighted by atomic mass is 10.0. The Hall–Kier alpha value is -3.62. The zero-order chi connectivity index (χ0) is 20.8. The highest BCUT2D eigenvalue weighted by Gasteiger charge is 2.32. The van der Waals surface area contributed by atoms with Crippen LogP contribution in [0.5, 0.6) is 0 Å². The number of rotatable bonds is 3. The summed E-state index contributed by atoms with van der Waals surface area (Å²) in [6.07, 6.45) is 1.67. The molecule has 0 unspecified atom stereocenters. The number of alkyl halides is 3. The molecule has 0 bridgehead atoms. The van der Waals surface area contributed by atoms with Crippen LogP contribution in [0.4, 0.5) is 18.9 Å². The molecule has 0 fully saturated rings. The molecule has 9 heteroatoms. The summed E-state index contributed by atoms with van der Waals surface area (Å²) in [6, 6.07) is 7.82. The van der Waals surface area contributed by atoms with Crippen molar-refractivity contribution in [1.82, 2.24) is 19.3 Å². The van der Waals surface area contributed by atoms with E-state index >= 15 is 0 Å². The molecule has 1 aromatic carbocycles. The first-order valence-corrected chi connectivity index (χ1v) is 8.65. The van der Waals surface area contributed by atoms with Crippen molar-refractivity contribution < 1.29 is 18.0 Å². The Labute approximate surface area is 163 Å². The second-order valence-corrected chi connectivity index (χ2v) is 6.67. The average Bonchev–Trinajstić information content (AvgIpc) is 3.25. The Morgan fingerprint density at radius 3 is 2.55 bits per heavy atom.